The molecule has 0 saturated carbocycles. The van der Waals surface area contributed by atoms with Gasteiger partial charge in [0, 0.05) is 17.9 Å². The molecule has 0 atom stereocenters. The van der Waals surface area contributed by atoms with Crippen LogP contribution >= 0.6 is 23.8 Å². The first-order valence-corrected chi connectivity index (χ1v) is 8.55. The van der Waals surface area contributed by atoms with Crippen molar-refractivity contribution < 1.29 is 13.9 Å². The molecular weight excluding hydrogens is 349 g/mol. The molecule has 1 N–H and O–H groups in total. The van der Waals surface area contributed by atoms with E-state index in [0.29, 0.717) is 10.6 Å². The zero-order valence-electron chi connectivity index (χ0n) is 15.0. The van der Waals surface area contributed by atoms with Gasteiger partial charge >= 0.3 is 0 Å². The van der Waals surface area contributed by atoms with Crippen molar-refractivity contribution in [3.8, 4) is 0 Å². The Kier molecular flexibility index (Phi) is 6.76. The number of ether oxygens (including phenoxy) is 1. The van der Waals surface area contributed by atoms with Crippen LogP contribution in [0, 0.1) is 11.2 Å². The average Bonchev–Trinajstić information content (AvgIpc) is 2.30. The number of carbonyl (C=O) groups excluding carboxylic acids is 1. The Labute approximate surface area is 153 Å². The van der Waals surface area contributed by atoms with Gasteiger partial charge in [0.05, 0.1) is 5.69 Å². The minimum absolute atomic E-state index is 0.0993. The summed E-state index contributed by atoms with van der Waals surface area (Å²) in [5.41, 5.74) is 0.117. The van der Waals surface area contributed by atoms with Crippen LogP contribution in [0.1, 0.15) is 53.5 Å². The van der Waals surface area contributed by atoms with Crippen molar-refractivity contribution in [2.24, 2.45) is 5.41 Å². The van der Waals surface area contributed by atoms with Crippen LogP contribution in [-0.2, 0) is 16.0 Å². The fourth-order valence-corrected chi connectivity index (χ4v) is 2.66. The molecular formula is C18H25ClFNO2S. The van der Waals surface area contributed by atoms with E-state index in [-0.39, 0.29) is 34.9 Å². The number of carbonyl (C=O) groups is 1. The summed E-state index contributed by atoms with van der Waals surface area (Å²) in [4.78, 5) is 12.0. The largest absolute Gasteiger partial charge is 0.481 e. The molecule has 0 saturated heterocycles. The van der Waals surface area contributed by atoms with Crippen LogP contribution in [0.4, 0.5) is 10.1 Å². The van der Waals surface area contributed by atoms with Crippen molar-refractivity contribution in [3.63, 3.8) is 0 Å². The van der Waals surface area contributed by atoms with E-state index in [4.69, 9.17) is 28.6 Å². The number of anilines is 1. The van der Waals surface area contributed by atoms with E-state index in [9.17, 15) is 9.18 Å². The van der Waals surface area contributed by atoms with Gasteiger partial charge in [0.2, 0.25) is 5.91 Å². The molecule has 0 aliphatic carbocycles. The van der Waals surface area contributed by atoms with Gasteiger partial charge in [-0.2, -0.15) is 0 Å². The van der Waals surface area contributed by atoms with Crippen LogP contribution in [0.25, 0.3) is 0 Å². The van der Waals surface area contributed by atoms with Gasteiger partial charge in [-0.3, -0.25) is 4.79 Å². The maximum atomic E-state index is 14.1. The minimum Gasteiger partial charge on any atom is -0.481 e. The third-order valence-corrected chi connectivity index (χ3v) is 3.44. The number of nitrogens with one attached hydrogen (secondary N) is 1. The predicted octanol–water partition coefficient (Wildman–Crippen LogP) is 5.54. The molecule has 0 fully saturated rings. The van der Waals surface area contributed by atoms with Crippen molar-refractivity contribution in [2.75, 3.05) is 5.32 Å². The molecule has 0 heterocycles. The number of rotatable bonds is 4. The fourth-order valence-electron chi connectivity index (χ4n) is 2.03. The Hall–Kier alpha value is -1.20. The smallest absolute Gasteiger partial charge is 0.224 e. The molecule has 0 aliphatic rings. The standard InChI is InChI=1S/C18H25ClFNO2S/c1-17(2,3)10-15(22)21-14-7-11(12(19)9-13(14)20)8-16(24)23-18(4,5)6/h7,9H,8,10H2,1-6H3,(H,21,22). The van der Waals surface area contributed by atoms with Crippen molar-refractivity contribution in [3.05, 3.63) is 28.5 Å². The number of halogens is 2. The van der Waals surface area contributed by atoms with Gasteiger partial charge in [0.1, 0.15) is 11.4 Å². The third-order valence-electron chi connectivity index (χ3n) is 2.86. The lowest BCUT2D eigenvalue weighted by Gasteiger charge is -2.22. The van der Waals surface area contributed by atoms with Gasteiger partial charge in [-0.1, -0.05) is 32.4 Å². The number of benzene rings is 1. The van der Waals surface area contributed by atoms with Crippen molar-refractivity contribution >= 4 is 40.5 Å². The van der Waals surface area contributed by atoms with Crippen molar-refractivity contribution in [1.29, 1.82) is 0 Å². The number of hydrogen-bond donors (Lipinski definition) is 1. The number of amides is 1. The lowest BCUT2D eigenvalue weighted by atomic mass is 9.92. The normalized spacial score (nSPS) is 12.0. The maximum absolute atomic E-state index is 14.1. The first-order valence-electron chi connectivity index (χ1n) is 7.76. The van der Waals surface area contributed by atoms with Gasteiger partial charge in [-0.25, -0.2) is 4.39 Å². The van der Waals surface area contributed by atoms with Gasteiger partial charge in [-0.15, -0.1) is 0 Å². The summed E-state index contributed by atoms with van der Waals surface area (Å²) in [5.74, 6) is -0.822. The van der Waals surface area contributed by atoms with Crippen LogP contribution in [-0.4, -0.2) is 16.6 Å². The Morgan fingerprint density at radius 1 is 1.25 bits per heavy atom. The average molecular weight is 374 g/mol. The van der Waals surface area contributed by atoms with E-state index in [1.165, 1.54) is 12.1 Å². The minimum atomic E-state index is -0.575. The van der Waals surface area contributed by atoms with E-state index < -0.39 is 11.4 Å². The second-order valence-electron chi connectivity index (χ2n) is 7.97. The van der Waals surface area contributed by atoms with Gasteiger partial charge in [0.25, 0.3) is 0 Å². The molecule has 134 valence electrons. The van der Waals surface area contributed by atoms with Crippen LogP contribution in [0.15, 0.2) is 12.1 Å². The van der Waals surface area contributed by atoms with Gasteiger partial charge in [-0.05, 0) is 56.1 Å². The zero-order valence-corrected chi connectivity index (χ0v) is 16.6. The molecule has 1 rings (SSSR count). The highest BCUT2D eigenvalue weighted by Gasteiger charge is 2.19. The highest BCUT2D eigenvalue weighted by atomic mass is 35.5. The molecule has 6 heteroatoms. The summed E-state index contributed by atoms with van der Waals surface area (Å²) in [6, 6.07) is 2.69. The molecule has 0 unspecified atom stereocenters. The predicted molar refractivity (Wildman–Crippen MR) is 101 cm³/mol. The fraction of sp³-hybridized carbons (Fsp3) is 0.556. The topological polar surface area (TPSA) is 38.3 Å². The SMILES string of the molecule is CC(C)(C)CC(=O)Nc1cc(CC(=S)OC(C)(C)C)c(Cl)cc1F. The number of hydrogen-bond acceptors (Lipinski definition) is 3. The first kappa shape index (κ1) is 20.8. The molecule has 0 aliphatic heterocycles. The second-order valence-corrected chi connectivity index (χ2v) is 8.83. The highest BCUT2D eigenvalue weighted by molar-refractivity contribution is 7.80. The third kappa shape index (κ3) is 7.58. The molecule has 0 bridgehead atoms. The Balaban J connectivity index is 2.93. The van der Waals surface area contributed by atoms with Crippen LogP contribution in [0.5, 0.6) is 0 Å². The van der Waals surface area contributed by atoms with E-state index in [1.54, 1.807) is 0 Å². The quantitative estimate of drug-likeness (QED) is 0.704. The zero-order chi connectivity index (χ0) is 18.7. The molecule has 1 aromatic carbocycles. The molecule has 0 spiro atoms. The van der Waals surface area contributed by atoms with Crippen LogP contribution in [0.3, 0.4) is 0 Å². The lowest BCUT2D eigenvalue weighted by molar-refractivity contribution is -0.117. The highest BCUT2D eigenvalue weighted by Crippen LogP contribution is 2.27. The van der Waals surface area contributed by atoms with Crippen LogP contribution < -0.4 is 5.32 Å². The molecule has 1 aromatic rings. The summed E-state index contributed by atoms with van der Waals surface area (Å²) in [5, 5.41) is 3.21. The van der Waals surface area contributed by atoms with Gasteiger partial charge < -0.3 is 10.1 Å². The molecule has 0 aromatic heterocycles. The summed E-state index contributed by atoms with van der Waals surface area (Å²) < 4.78 is 19.7. The summed E-state index contributed by atoms with van der Waals surface area (Å²) in [7, 11) is 0. The summed E-state index contributed by atoms with van der Waals surface area (Å²) in [6.45, 7) is 11.5. The summed E-state index contributed by atoms with van der Waals surface area (Å²) in [6.07, 6.45) is 0.559. The maximum Gasteiger partial charge on any atom is 0.224 e. The van der Waals surface area contributed by atoms with E-state index in [0.717, 1.165) is 0 Å². The molecule has 24 heavy (non-hydrogen) atoms. The first-order chi connectivity index (χ1) is 10.8. The number of thiocarbonyl (C=S) groups is 1. The van der Waals surface area contributed by atoms with Gasteiger partial charge in [0.15, 0.2) is 5.05 Å². The van der Waals surface area contributed by atoms with Crippen molar-refractivity contribution in [1.82, 2.24) is 0 Å². The molecule has 3 nitrogen and oxygen atoms in total. The molecule has 0 radical (unpaired) electrons. The Morgan fingerprint density at radius 3 is 2.33 bits per heavy atom. The van der Waals surface area contributed by atoms with Crippen LogP contribution in [0.2, 0.25) is 5.02 Å². The second kappa shape index (κ2) is 7.79. The van der Waals surface area contributed by atoms with E-state index in [2.05, 4.69) is 5.32 Å². The summed E-state index contributed by atoms with van der Waals surface area (Å²) >= 11 is 11.3. The van der Waals surface area contributed by atoms with E-state index >= 15 is 0 Å². The Bertz CT molecular complexity index is 582. The van der Waals surface area contributed by atoms with Crippen molar-refractivity contribution in [2.45, 2.75) is 60.0 Å². The van der Waals surface area contributed by atoms with E-state index in [1.807, 2.05) is 41.5 Å². The lowest BCUT2D eigenvalue weighted by Crippen LogP contribution is -2.24. The monoisotopic (exact) mass is 373 g/mol. The Morgan fingerprint density at radius 2 is 1.83 bits per heavy atom. The molecule has 1 amide bonds.